The molecule has 1 aromatic heterocycles. The average molecular weight is 367 g/mol. The highest BCUT2D eigenvalue weighted by Gasteiger charge is 2.20. The number of nitrogens with zero attached hydrogens (tertiary/aromatic N) is 2. The van der Waals surface area contributed by atoms with E-state index in [0.29, 0.717) is 28.2 Å². The maximum absolute atomic E-state index is 12.6. The lowest BCUT2D eigenvalue weighted by Crippen LogP contribution is -2.16. The predicted molar refractivity (Wildman–Crippen MR) is 103 cm³/mol. The van der Waals surface area contributed by atoms with Crippen LogP contribution in [-0.2, 0) is 4.74 Å². The van der Waals surface area contributed by atoms with Gasteiger partial charge in [-0.05, 0) is 38.1 Å². The molecule has 0 aliphatic rings. The van der Waals surface area contributed by atoms with Crippen LogP contribution in [0.25, 0.3) is 11.0 Å². The smallest absolute Gasteiger partial charge is 0.361 e. The normalized spacial score (nSPS) is 10.7. The molecule has 27 heavy (non-hydrogen) atoms. The van der Waals surface area contributed by atoms with Crippen molar-refractivity contribution in [2.24, 2.45) is 0 Å². The number of ether oxygens (including phenoxy) is 3. The first kappa shape index (κ1) is 18.4. The molecule has 0 spiro atoms. The summed E-state index contributed by atoms with van der Waals surface area (Å²) >= 11 is 0. The summed E-state index contributed by atoms with van der Waals surface area (Å²) in [5.41, 5.74) is 1.96. The predicted octanol–water partition coefficient (Wildman–Crippen LogP) is 3.96. The minimum Gasteiger partial charge on any atom is -0.497 e. The minimum atomic E-state index is -0.549. The highest BCUT2D eigenvalue weighted by Crippen LogP contribution is 2.32. The maximum Gasteiger partial charge on any atom is 0.361 e. The number of benzene rings is 2. The summed E-state index contributed by atoms with van der Waals surface area (Å²) in [7, 11) is 3.14. The van der Waals surface area contributed by atoms with E-state index < -0.39 is 5.97 Å². The van der Waals surface area contributed by atoms with E-state index >= 15 is 0 Å². The van der Waals surface area contributed by atoms with Crippen LogP contribution in [0.4, 0.5) is 11.5 Å². The zero-order chi connectivity index (χ0) is 19.4. The third kappa shape index (κ3) is 4.08. The molecule has 0 unspecified atom stereocenters. The summed E-state index contributed by atoms with van der Waals surface area (Å²) in [5.74, 6) is 0.950. The van der Waals surface area contributed by atoms with Gasteiger partial charge in [0.15, 0.2) is 11.5 Å². The number of aromatic nitrogens is 2. The van der Waals surface area contributed by atoms with Gasteiger partial charge in [-0.2, -0.15) is 0 Å². The summed E-state index contributed by atoms with van der Waals surface area (Å²) in [6.07, 6.45) is -0.273. The number of hydrogen-bond donors (Lipinski definition) is 1. The SMILES string of the molecule is COc1ccc(OC)c(Nc2nc3ccccc3nc2C(=O)OC(C)C)c1. The fraction of sp³-hybridized carbons (Fsp3) is 0.250. The number of rotatable bonds is 6. The maximum atomic E-state index is 12.6. The van der Waals surface area contributed by atoms with E-state index in [-0.39, 0.29) is 17.6 Å². The van der Waals surface area contributed by atoms with Gasteiger partial charge in [0.2, 0.25) is 0 Å². The van der Waals surface area contributed by atoms with Gasteiger partial charge in [-0.1, -0.05) is 12.1 Å². The van der Waals surface area contributed by atoms with E-state index in [2.05, 4.69) is 15.3 Å². The van der Waals surface area contributed by atoms with Gasteiger partial charge in [0.25, 0.3) is 0 Å². The van der Waals surface area contributed by atoms with Crippen molar-refractivity contribution in [1.82, 2.24) is 9.97 Å². The quantitative estimate of drug-likeness (QED) is 0.660. The number of carbonyl (C=O) groups is 1. The summed E-state index contributed by atoms with van der Waals surface area (Å²) in [4.78, 5) is 21.6. The average Bonchev–Trinajstić information content (AvgIpc) is 2.66. The number of fused-ring (bicyclic) bond motifs is 1. The molecule has 0 aliphatic carbocycles. The standard InChI is InChI=1S/C20H21N3O4/c1-12(2)27-20(24)18-19(22-15-8-6-5-7-14(15)21-18)23-16-11-13(25-3)9-10-17(16)26-4/h5-12H,1-4H3,(H,22,23). The lowest BCUT2D eigenvalue weighted by Gasteiger charge is -2.15. The van der Waals surface area contributed by atoms with E-state index in [0.717, 1.165) is 0 Å². The molecule has 3 rings (SSSR count). The second-order valence-electron chi connectivity index (χ2n) is 6.05. The Kier molecular flexibility index (Phi) is 5.40. The number of methoxy groups -OCH3 is 2. The Labute approximate surface area is 157 Å². The van der Waals surface area contributed by atoms with Gasteiger partial charge in [0.1, 0.15) is 11.5 Å². The molecule has 0 aliphatic heterocycles. The van der Waals surface area contributed by atoms with Crippen LogP contribution in [0, 0.1) is 0 Å². The second-order valence-corrected chi connectivity index (χ2v) is 6.05. The van der Waals surface area contributed by atoms with Gasteiger partial charge in [0.05, 0.1) is 37.0 Å². The molecule has 7 heteroatoms. The Hall–Kier alpha value is -3.35. The Balaban J connectivity index is 2.10. The van der Waals surface area contributed by atoms with Gasteiger partial charge in [-0.15, -0.1) is 0 Å². The van der Waals surface area contributed by atoms with Crippen molar-refractivity contribution in [2.75, 3.05) is 19.5 Å². The number of nitrogens with one attached hydrogen (secondary N) is 1. The first-order valence-electron chi connectivity index (χ1n) is 8.48. The number of esters is 1. The molecule has 0 atom stereocenters. The zero-order valence-corrected chi connectivity index (χ0v) is 15.6. The minimum absolute atomic E-state index is 0.104. The number of anilines is 2. The molecule has 1 N–H and O–H groups in total. The van der Waals surface area contributed by atoms with Crippen LogP contribution in [0.15, 0.2) is 42.5 Å². The molecule has 0 bridgehead atoms. The van der Waals surface area contributed by atoms with Gasteiger partial charge in [-0.25, -0.2) is 14.8 Å². The van der Waals surface area contributed by atoms with E-state index in [4.69, 9.17) is 14.2 Å². The van der Waals surface area contributed by atoms with E-state index in [1.165, 1.54) is 0 Å². The fourth-order valence-corrected chi connectivity index (χ4v) is 2.54. The molecule has 0 saturated carbocycles. The summed E-state index contributed by atoms with van der Waals surface area (Å²) < 4.78 is 16.0. The van der Waals surface area contributed by atoms with Gasteiger partial charge >= 0.3 is 5.97 Å². The van der Waals surface area contributed by atoms with Crippen molar-refractivity contribution in [2.45, 2.75) is 20.0 Å². The molecule has 1 heterocycles. The summed E-state index contributed by atoms with van der Waals surface area (Å²) in [5, 5.41) is 3.13. The van der Waals surface area contributed by atoms with Crippen molar-refractivity contribution in [3.63, 3.8) is 0 Å². The molecule has 2 aromatic carbocycles. The summed E-state index contributed by atoms with van der Waals surface area (Å²) in [6.45, 7) is 3.56. The molecule has 3 aromatic rings. The van der Waals surface area contributed by atoms with Crippen LogP contribution in [0.5, 0.6) is 11.5 Å². The van der Waals surface area contributed by atoms with Crippen molar-refractivity contribution in [3.8, 4) is 11.5 Å². The van der Waals surface area contributed by atoms with Gasteiger partial charge < -0.3 is 19.5 Å². The van der Waals surface area contributed by atoms with Crippen LogP contribution in [0.1, 0.15) is 24.3 Å². The molecular weight excluding hydrogens is 346 g/mol. The Morgan fingerprint density at radius 1 is 1.00 bits per heavy atom. The van der Waals surface area contributed by atoms with Crippen molar-refractivity contribution in [1.29, 1.82) is 0 Å². The summed E-state index contributed by atoms with van der Waals surface area (Å²) in [6, 6.07) is 12.6. The van der Waals surface area contributed by atoms with Gasteiger partial charge in [0, 0.05) is 6.07 Å². The largest absolute Gasteiger partial charge is 0.497 e. The van der Waals surface area contributed by atoms with E-state index in [1.807, 2.05) is 18.2 Å². The van der Waals surface area contributed by atoms with Crippen LogP contribution in [0.3, 0.4) is 0 Å². The van der Waals surface area contributed by atoms with Crippen LogP contribution < -0.4 is 14.8 Å². The highest BCUT2D eigenvalue weighted by atomic mass is 16.5. The zero-order valence-electron chi connectivity index (χ0n) is 15.6. The monoisotopic (exact) mass is 367 g/mol. The van der Waals surface area contributed by atoms with Crippen molar-refractivity contribution >= 4 is 28.5 Å². The number of hydrogen-bond acceptors (Lipinski definition) is 7. The van der Waals surface area contributed by atoms with Crippen molar-refractivity contribution in [3.05, 3.63) is 48.2 Å². The topological polar surface area (TPSA) is 82.6 Å². The molecule has 0 amide bonds. The Morgan fingerprint density at radius 3 is 2.33 bits per heavy atom. The first-order valence-corrected chi connectivity index (χ1v) is 8.48. The molecule has 140 valence electrons. The van der Waals surface area contributed by atoms with Crippen LogP contribution in [0.2, 0.25) is 0 Å². The van der Waals surface area contributed by atoms with Crippen molar-refractivity contribution < 1.29 is 19.0 Å². The second kappa shape index (κ2) is 7.90. The molecule has 0 fully saturated rings. The van der Waals surface area contributed by atoms with Crippen LogP contribution in [-0.4, -0.2) is 36.3 Å². The highest BCUT2D eigenvalue weighted by molar-refractivity contribution is 5.96. The molecule has 0 saturated heterocycles. The number of para-hydroxylation sites is 2. The number of carbonyl (C=O) groups excluding carboxylic acids is 1. The van der Waals surface area contributed by atoms with E-state index in [9.17, 15) is 4.79 Å². The fourth-order valence-electron chi connectivity index (χ4n) is 2.54. The molecular formula is C20H21N3O4. The molecule has 0 radical (unpaired) electrons. The Morgan fingerprint density at radius 2 is 1.70 bits per heavy atom. The molecule has 7 nitrogen and oxygen atoms in total. The lowest BCUT2D eigenvalue weighted by molar-refractivity contribution is 0.0372. The third-order valence-corrected chi connectivity index (χ3v) is 3.77. The third-order valence-electron chi connectivity index (χ3n) is 3.77. The van der Waals surface area contributed by atoms with Crippen LogP contribution >= 0.6 is 0 Å². The first-order chi connectivity index (χ1) is 13.0. The van der Waals surface area contributed by atoms with E-state index in [1.54, 1.807) is 52.3 Å². The Bertz CT molecular complexity index is 973. The lowest BCUT2D eigenvalue weighted by atomic mass is 10.2. The van der Waals surface area contributed by atoms with Gasteiger partial charge in [-0.3, -0.25) is 0 Å².